The topological polar surface area (TPSA) is 29.9 Å². The van der Waals surface area contributed by atoms with E-state index in [2.05, 4.69) is 14.9 Å². The maximum absolute atomic E-state index is 13.2. The molecule has 88 valence electrons. The molecule has 3 rings (SSSR count). The van der Waals surface area contributed by atoms with Gasteiger partial charge >= 0.3 is 0 Å². The lowest BCUT2D eigenvalue weighted by Gasteiger charge is -2.15. The van der Waals surface area contributed by atoms with Gasteiger partial charge in [0.05, 0.1) is 12.0 Å². The summed E-state index contributed by atoms with van der Waals surface area (Å²) in [5.74, 6) is -0.163. The number of hydrogen-bond donors (Lipinski definition) is 1. The van der Waals surface area contributed by atoms with Gasteiger partial charge < -0.3 is 9.88 Å². The second kappa shape index (κ2) is 3.96. The Balaban J connectivity index is 2.09. The van der Waals surface area contributed by atoms with Gasteiger partial charge in [0.15, 0.2) is 0 Å². The summed E-state index contributed by atoms with van der Waals surface area (Å²) < 4.78 is 15.3. The number of imidazole rings is 1. The molecule has 17 heavy (non-hydrogen) atoms. The minimum absolute atomic E-state index is 0.163. The summed E-state index contributed by atoms with van der Waals surface area (Å²) in [5.41, 5.74) is 3.98. The maximum atomic E-state index is 13.2. The number of nitrogens with one attached hydrogen (secondary N) is 1. The van der Waals surface area contributed by atoms with Crippen LogP contribution in [0.2, 0.25) is 0 Å². The lowest BCUT2D eigenvalue weighted by Crippen LogP contribution is -2.24. The molecule has 2 aromatic rings. The fraction of sp³-hybridized carbons (Fsp3) is 0.308. The third kappa shape index (κ3) is 1.74. The summed E-state index contributed by atoms with van der Waals surface area (Å²) in [6.45, 7) is 3.57. The number of aromatic nitrogens is 2. The van der Waals surface area contributed by atoms with Crippen LogP contribution in [0.1, 0.15) is 17.0 Å². The quantitative estimate of drug-likeness (QED) is 0.813. The highest BCUT2D eigenvalue weighted by Gasteiger charge is 2.15. The van der Waals surface area contributed by atoms with Gasteiger partial charge in [0.25, 0.3) is 0 Å². The Morgan fingerprint density at radius 3 is 3.12 bits per heavy atom. The van der Waals surface area contributed by atoms with Gasteiger partial charge in [-0.3, -0.25) is 0 Å². The molecule has 4 heteroatoms. The summed E-state index contributed by atoms with van der Waals surface area (Å²) in [7, 11) is 0. The van der Waals surface area contributed by atoms with Crippen molar-refractivity contribution in [2.24, 2.45) is 0 Å². The second-order valence-corrected chi connectivity index (χ2v) is 4.37. The van der Waals surface area contributed by atoms with E-state index in [0.717, 1.165) is 30.9 Å². The van der Waals surface area contributed by atoms with E-state index in [9.17, 15) is 4.39 Å². The van der Waals surface area contributed by atoms with E-state index in [0.29, 0.717) is 5.56 Å². The fourth-order valence-corrected chi connectivity index (χ4v) is 2.24. The van der Waals surface area contributed by atoms with E-state index < -0.39 is 0 Å². The van der Waals surface area contributed by atoms with E-state index in [4.69, 9.17) is 0 Å². The fourth-order valence-electron chi connectivity index (χ4n) is 2.24. The normalized spacial score (nSPS) is 14.7. The molecule has 0 bridgehead atoms. The first kappa shape index (κ1) is 10.5. The van der Waals surface area contributed by atoms with Crippen LogP contribution in [0.5, 0.6) is 0 Å². The standard InChI is InChI=1S/C13H14FN3/c1-9-6-10(2-3-11(9)14)17-8-16-12-7-15-5-4-13(12)17/h2-3,6,8,15H,4-5,7H2,1H3. The number of hydrogen-bond acceptors (Lipinski definition) is 2. The first-order valence-electron chi connectivity index (χ1n) is 5.78. The van der Waals surface area contributed by atoms with Crippen LogP contribution in [0.15, 0.2) is 24.5 Å². The molecule has 1 aliphatic heterocycles. The predicted molar refractivity (Wildman–Crippen MR) is 63.7 cm³/mol. The highest BCUT2D eigenvalue weighted by atomic mass is 19.1. The third-order valence-electron chi connectivity index (χ3n) is 3.20. The molecule has 0 radical (unpaired) electrons. The number of rotatable bonds is 1. The molecule has 1 aliphatic rings. The highest BCUT2D eigenvalue weighted by Crippen LogP contribution is 2.19. The third-order valence-corrected chi connectivity index (χ3v) is 3.20. The van der Waals surface area contributed by atoms with Crippen LogP contribution in [0, 0.1) is 12.7 Å². The molecule has 0 spiro atoms. The molecule has 3 nitrogen and oxygen atoms in total. The molecule has 2 heterocycles. The van der Waals surface area contributed by atoms with Gasteiger partial charge in [0.2, 0.25) is 0 Å². The van der Waals surface area contributed by atoms with Crippen molar-refractivity contribution in [3.63, 3.8) is 0 Å². The zero-order chi connectivity index (χ0) is 11.8. The van der Waals surface area contributed by atoms with E-state index in [-0.39, 0.29) is 5.82 Å². The Morgan fingerprint density at radius 1 is 1.41 bits per heavy atom. The number of benzene rings is 1. The number of fused-ring (bicyclic) bond motifs is 1. The molecule has 0 amide bonds. The van der Waals surface area contributed by atoms with Crippen molar-refractivity contribution in [2.75, 3.05) is 6.54 Å². The van der Waals surface area contributed by atoms with Crippen molar-refractivity contribution in [2.45, 2.75) is 19.9 Å². The molecule has 1 aromatic heterocycles. The van der Waals surface area contributed by atoms with Gasteiger partial charge in [0.1, 0.15) is 5.82 Å². The van der Waals surface area contributed by atoms with E-state index >= 15 is 0 Å². The molecule has 1 N–H and O–H groups in total. The van der Waals surface area contributed by atoms with Crippen molar-refractivity contribution in [3.8, 4) is 5.69 Å². The van der Waals surface area contributed by atoms with Crippen LogP contribution < -0.4 is 5.32 Å². The summed E-state index contributed by atoms with van der Waals surface area (Å²) in [5, 5.41) is 3.29. The molecular weight excluding hydrogens is 217 g/mol. The van der Waals surface area contributed by atoms with Crippen LogP contribution in [-0.4, -0.2) is 16.1 Å². The van der Waals surface area contributed by atoms with E-state index in [1.54, 1.807) is 13.0 Å². The molecule has 0 fully saturated rings. The highest BCUT2D eigenvalue weighted by molar-refractivity contribution is 5.39. The molecule has 0 saturated heterocycles. The summed E-state index contributed by atoms with van der Waals surface area (Å²) in [6.07, 6.45) is 2.79. The number of halogens is 1. The van der Waals surface area contributed by atoms with Crippen molar-refractivity contribution < 1.29 is 4.39 Å². The Labute approximate surface area is 99.3 Å². The zero-order valence-electron chi connectivity index (χ0n) is 9.70. The predicted octanol–water partition coefficient (Wildman–Crippen LogP) is 1.97. The average molecular weight is 231 g/mol. The summed E-state index contributed by atoms with van der Waals surface area (Å²) in [4.78, 5) is 4.39. The average Bonchev–Trinajstić information content (AvgIpc) is 2.76. The number of nitrogens with zero attached hydrogens (tertiary/aromatic N) is 2. The van der Waals surface area contributed by atoms with E-state index in [1.807, 2.05) is 12.4 Å². The van der Waals surface area contributed by atoms with Crippen LogP contribution >= 0.6 is 0 Å². The Hall–Kier alpha value is -1.68. The van der Waals surface area contributed by atoms with Crippen molar-refractivity contribution in [1.82, 2.24) is 14.9 Å². The Kier molecular flexibility index (Phi) is 2.44. The first-order valence-corrected chi connectivity index (χ1v) is 5.78. The lowest BCUT2D eigenvalue weighted by atomic mass is 10.1. The minimum Gasteiger partial charge on any atom is -0.311 e. The zero-order valence-corrected chi connectivity index (χ0v) is 9.70. The van der Waals surface area contributed by atoms with Crippen molar-refractivity contribution in [1.29, 1.82) is 0 Å². The van der Waals surface area contributed by atoms with Crippen LogP contribution in [0.3, 0.4) is 0 Å². The Bertz CT molecular complexity index is 560. The van der Waals surface area contributed by atoms with Gasteiger partial charge in [-0.1, -0.05) is 0 Å². The van der Waals surface area contributed by atoms with Crippen molar-refractivity contribution in [3.05, 3.63) is 47.3 Å². The largest absolute Gasteiger partial charge is 0.311 e. The van der Waals surface area contributed by atoms with Gasteiger partial charge in [-0.2, -0.15) is 0 Å². The van der Waals surface area contributed by atoms with Gasteiger partial charge in [-0.25, -0.2) is 9.37 Å². The minimum atomic E-state index is -0.163. The monoisotopic (exact) mass is 231 g/mol. The SMILES string of the molecule is Cc1cc(-n2cnc3c2CCNC3)ccc1F. The first-order chi connectivity index (χ1) is 8.25. The van der Waals surface area contributed by atoms with Gasteiger partial charge in [0, 0.05) is 30.9 Å². The maximum Gasteiger partial charge on any atom is 0.126 e. The van der Waals surface area contributed by atoms with E-state index in [1.165, 1.54) is 11.8 Å². The number of aryl methyl sites for hydroxylation is 1. The summed E-state index contributed by atoms with van der Waals surface area (Å²) >= 11 is 0. The van der Waals surface area contributed by atoms with Crippen molar-refractivity contribution >= 4 is 0 Å². The van der Waals surface area contributed by atoms with Crippen LogP contribution in [0.4, 0.5) is 4.39 Å². The molecule has 0 aliphatic carbocycles. The molecule has 1 aromatic carbocycles. The summed E-state index contributed by atoms with van der Waals surface area (Å²) in [6, 6.07) is 5.17. The van der Waals surface area contributed by atoms with Crippen LogP contribution in [-0.2, 0) is 13.0 Å². The smallest absolute Gasteiger partial charge is 0.126 e. The Morgan fingerprint density at radius 2 is 2.29 bits per heavy atom. The molecular formula is C13H14FN3. The van der Waals surface area contributed by atoms with Crippen LogP contribution in [0.25, 0.3) is 5.69 Å². The lowest BCUT2D eigenvalue weighted by molar-refractivity contribution is 0.614. The molecule has 0 saturated carbocycles. The van der Waals surface area contributed by atoms with Gasteiger partial charge in [-0.05, 0) is 30.7 Å². The molecule has 0 atom stereocenters. The van der Waals surface area contributed by atoms with Gasteiger partial charge in [-0.15, -0.1) is 0 Å². The molecule has 0 unspecified atom stereocenters. The second-order valence-electron chi connectivity index (χ2n) is 4.37.